The molecule has 0 aromatic heterocycles. The smallest absolute Gasteiger partial charge is 0.322 e. The molecular weight excluding hydrogens is 342 g/mol. The van der Waals surface area contributed by atoms with E-state index in [-0.39, 0.29) is 18.5 Å². The number of hydrogen-bond acceptors (Lipinski definition) is 3. The number of ether oxygens (including phenoxy) is 1. The molecule has 1 N–H and O–H groups in total. The number of aryl methyl sites for hydroxylation is 1. The van der Waals surface area contributed by atoms with E-state index in [1.165, 1.54) is 4.90 Å². The van der Waals surface area contributed by atoms with Gasteiger partial charge in [0.15, 0.2) is 6.61 Å². The molecule has 0 fully saturated rings. The van der Waals surface area contributed by atoms with Crippen LogP contribution in [-0.4, -0.2) is 49.0 Å². The second kappa shape index (κ2) is 9.62. The number of benzene rings is 2. The molecule has 0 aliphatic rings. The predicted molar refractivity (Wildman–Crippen MR) is 107 cm³/mol. The van der Waals surface area contributed by atoms with Crippen molar-refractivity contribution in [3.8, 4) is 5.75 Å². The summed E-state index contributed by atoms with van der Waals surface area (Å²) in [6.07, 6.45) is 0. The fourth-order valence-electron chi connectivity index (χ4n) is 2.46. The Balaban J connectivity index is 2.00. The number of nitrogens with one attached hydrogen (secondary N) is 1. The van der Waals surface area contributed by atoms with Crippen LogP contribution in [0.25, 0.3) is 0 Å². The number of rotatable bonds is 7. The van der Waals surface area contributed by atoms with Crippen LogP contribution in [0, 0.1) is 6.92 Å². The molecule has 27 heavy (non-hydrogen) atoms. The Kier molecular flexibility index (Phi) is 7.23. The van der Waals surface area contributed by atoms with Crippen molar-refractivity contribution in [3.05, 3.63) is 59.7 Å². The zero-order chi connectivity index (χ0) is 19.8. The van der Waals surface area contributed by atoms with E-state index < -0.39 is 0 Å². The molecule has 144 valence electrons. The Morgan fingerprint density at radius 2 is 1.81 bits per heavy atom. The first kappa shape index (κ1) is 20.3. The van der Waals surface area contributed by atoms with Crippen molar-refractivity contribution in [2.45, 2.75) is 20.4 Å². The van der Waals surface area contributed by atoms with Crippen LogP contribution >= 0.6 is 0 Å². The van der Waals surface area contributed by atoms with Gasteiger partial charge in [-0.15, -0.1) is 0 Å². The summed E-state index contributed by atoms with van der Waals surface area (Å²) in [6, 6.07) is 14.9. The zero-order valence-electron chi connectivity index (χ0n) is 16.4. The molecule has 0 unspecified atom stereocenters. The highest BCUT2D eigenvalue weighted by Gasteiger charge is 2.14. The van der Waals surface area contributed by atoms with E-state index in [9.17, 15) is 9.59 Å². The molecule has 0 saturated heterocycles. The molecule has 2 aromatic rings. The van der Waals surface area contributed by atoms with Crippen molar-refractivity contribution in [2.75, 3.05) is 32.6 Å². The second-order valence-corrected chi connectivity index (χ2v) is 6.48. The minimum absolute atomic E-state index is 0.0429. The molecule has 0 heterocycles. The van der Waals surface area contributed by atoms with Gasteiger partial charge in [0.05, 0.1) is 0 Å². The topological polar surface area (TPSA) is 61.9 Å². The number of amides is 3. The van der Waals surface area contributed by atoms with Gasteiger partial charge in [0.2, 0.25) is 0 Å². The standard InChI is InChI=1S/C21H27N3O3/c1-5-24(14-17-10-7-6-9-16(17)2)21(26)22-18-11-8-12-19(13-18)27-15-20(25)23(3)4/h6-13H,5,14-15H2,1-4H3,(H,22,26). The van der Waals surface area contributed by atoms with E-state index in [1.807, 2.05) is 38.1 Å². The van der Waals surface area contributed by atoms with Crippen LogP contribution in [0.2, 0.25) is 0 Å². The summed E-state index contributed by atoms with van der Waals surface area (Å²) in [5.74, 6) is 0.407. The lowest BCUT2D eigenvalue weighted by atomic mass is 10.1. The van der Waals surface area contributed by atoms with E-state index in [1.54, 1.807) is 43.3 Å². The maximum Gasteiger partial charge on any atom is 0.322 e. The predicted octanol–water partition coefficient (Wildman–Crippen LogP) is 3.52. The molecule has 0 radical (unpaired) electrons. The number of hydrogen-bond donors (Lipinski definition) is 1. The first-order valence-electron chi connectivity index (χ1n) is 8.94. The van der Waals surface area contributed by atoms with E-state index in [4.69, 9.17) is 4.74 Å². The average Bonchev–Trinajstić information content (AvgIpc) is 2.65. The Morgan fingerprint density at radius 3 is 2.48 bits per heavy atom. The lowest BCUT2D eigenvalue weighted by molar-refractivity contribution is -0.130. The molecular formula is C21H27N3O3. The fourth-order valence-corrected chi connectivity index (χ4v) is 2.46. The third kappa shape index (κ3) is 6.02. The summed E-state index contributed by atoms with van der Waals surface area (Å²) in [6.45, 7) is 5.08. The number of urea groups is 1. The van der Waals surface area contributed by atoms with E-state index in [0.717, 1.165) is 11.1 Å². The van der Waals surface area contributed by atoms with E-state index >= 15 is 0 Å². The third-order valence-corrected chi connectivity index (χ3v) is 4.24. The Labute approximate surface area is 160 Å². The van der Waals surface area contributed by atoms with Crippen molar-refractivity contribution in [2.24, 2.45) is 0 Å². The van der Waals surface area contributed by atoms with Crippen LogP contribution in [0.1, 0.15) is 18.1 Å². The highest BCUT2D eigenvalue weighted by molar-refractivity contribution is 5.89. The summed E-state index contributed by atoms with van der Waals surface area (Å²) in [4.78, 5) is 27.5. The van der Waals surface area contributed by atoms with Gasteiger partial charge in [0, 0.05) is 38.9 Å². The van der Waals surface area contributed by atoms with Gasteiger partial charge in [-0.2, -0.15) is 0 Å². The molecule has 0 spiro atoms. The van der Waals surface area contributed by atoms with Crippen molar-refractivity contribution in [3.63, 3.8) is 0 Å². The van der Waals surface area contributed by atoms with Gasteiger partial charge < -0.3 is 19.9 Å². The normalized spacial score (nSPS) is 10.2. The Morgan fingerprint density at radius 1 is 1.07 bits per heavy atom. The van der Waals surface area contributed by atoms with Crippen LogP contribution in [-0.2, 0) is 11.3 Å². The lowest BCUT2D eigenvalue weighted by Crippen LogP contribution is -2.34. The first-order chi connectivity index (χ1) is 12.9. The third-order valence-electron chi connectivity index (χ3n) is 4.24. The van der Waals surface area contributed by atoms with Crippen LogP contribution in [0.4, 0.5) is 10.5 Å². The molecule has 6 nitrogen and oxygen atoms in total. The molecule has 0 bridgehead atoms. The van der Waals surface area contributed by atoms with Gasteiger partial charge >= 0.3 is 6.03 Å². The van der Waals surface area contributed by atoms with Gasteiger partial charge in [-0.3, -0.25) is 4.79 Å². The number of likely N-dealkylation sites (N-methyl/N-ethyl adjacent to an activating group) is 1. The average molecular weight is 369 g/mol. The van der Waals surface area contributed by atoms with E-state index in [0.29, 0.717) is 24.5 Å². The summed E-state index contributed by atoms with van der Waals surface area (Å²) >= 11 is 0. The summed E-state index contributed by atoms with van der Waals surface area (Å²) < 4.78 is 5.49. The monoisotopic (exact) mass is 369 g/mol. The van der Waals surface area contributed by atoms with Crippen LogP contribution < -0.4 is 10.1 Å². The van der Waals surface area contributed by atoms with Crippen molar-refractivity contribution in [1.29, 1.82) is 0 Å². The van der Waals surface area contributed by atoms with Crippen molar-refractivity contribution >= 4 is 17.6 Å². The summed E-state index contributed by atoms with van der Waals surface area (Å²) in [5, 5.41) is 2.90. The Bertz CT molecular complexity index is 790. The Hall–Kier alpha value is -3.02. The van der Waals surface area contributed by atoms with Crippen LogP contribution in [0.3, 0.4) is 0 Å². The molecule has 0 aliphatic carbocycles. The SMILES string of the molecule is CCN(Cc1ccccc1C)C(=O)Nc1cccc(OCC(=O)N(C)C)c1. The van der Waals surface area contributed by atoms with Gasteiger partial charge in [0.1, 0.15) is 5.75 Å². The minimum atomic E-state index is -0.178. The number of nitrogens with zero attached hydrogens (tertiary/aromatic N) is 2. The number of carbonyl (C=O) groups excluding carboxylic acids is 2. The van der Waals surface area contributed by atoms with Crippen LogP contribution in [0.15, 0.2) is 48.5 Å². The van der Waals surface area contributed by atoms with Crippen molar-refractivity contribution < 1.29 is 14.3 Å². The highest BCUT2D eigenvalue weighted by atomic mass is 16.5. The first-order valence-corrected chi connectivity index (χ1v) is 8.94. The second-order valence-electron chi connectivity index (χ2n) is 6.48. The highest BCUT2D eigenvalue weighted by Crippen LogP contribution is 2.18. The van der Waals surface area contributed by atoms with Gasteiger partial charge in [0.25, 0.3) is 5.91 Å². The number of carbonyl (C=O) groups is 2. The van der Waals surface area contributed by atoms with E-state index in [2.05, 4.69) is 5.32 Å². The quantitative estimate of drug-likeness (QED) is 0.812. The van der Waals surface area contributed by atoms with Crippen LogP contribution in [0.5, 0.6) is 5.75 Å². The molecule has 6 heteroatoms. The lowest BCUT2D eigenvalue weighted by Gasteiger charge is -2.22. The van der Waals surface area contributed by atoms with Gasteiger partial charge in [-0.05, 0) is 37.1 Å². The fraction of sp³-hybridized carbons (Fsp3) is 0.333. The van der Waals surface area contributed by atoms with Gasteiger partial charge in [-0.1, -0.05) is 30.3 Å². The molecule has 2 aromatic carbocycles. The molecule has 0 aliphatic heterocycles. The zero-order valence-corrected chi connectivity index (χ0v) is 16.4. The largest absolute Gasteiger partial charge is 0.484 e. The van der Waals surface area contributed by atoms with Crippen molar-refractivity contribution in [1.82, 2.24) is 9.80 Å². The molecule has 2 rings (SSSR count). The maximum atomic E-state index is 12.6. The molecule has 0 saturated carbocycles. The minimum Gasteiger partial charge on any atom is -0.484 e. The summed E-state index contributed by atoms with van der Waals surface area (Å²) in [5.41, 5.74) is 2.90. The maximum absolute atomic E-state index is 12.6. The van der Waals surface area contributed by atoms with Gasteiger partial charge in [-0.25, -0.2) is 4.79 Å². The summed E-state index contributed by atoms with van der Waals surface area (Å²) in [7, 11) is 3.35. The molecule has 3 amide bonds. The number of anilines is 1. The molecule has 0 atom stereocenters.